The second-order valence-corrected chi connectivity index (χ2v) is 8.24. The predicted molar refractivity (Wildman–Crippen MR) is 117 cm³/mol. The summed E-state index contributed by atoms with van der Waals surface area (Å²) in [4.78, 5) is 28.4. The van der Waals surface area contributed by atoms with E-state index in [2.05, 4.69) is 37.5 Å². The Hall–Kier alpha value is -3.54. The number of hydrogen-bond acceptors (Lipinski definition) is 8. The third-order valence-corrected chi connectivity index (χ3v) is 5.54. The summed E-state index contributed by atoms with van der Waals surface area (Å²) in [6, 6.07) is 2.06. The van der Waals surface area contributed by atoms with Crippen LogP contribution in [0.1, 0.15) is 46.8 Å². The molecule has 1 aliphatic carbocycles. The molecule has 0 bridgehead atoms. The molecule has 1 fully saturated rings. The van der Waals surface area contributed by atoms with E-state index < -0.39 is 6.17 Å². The van der Waals surface area contributed by atoms with Crippen molar-refractivity contribution in [3.63, 3.8) is 0 Å². The van der Waals surface area contributed by atoms with E-state index in [1.54, 1.807) is 36.5 Å². The van der Waals surface area contributed by atoms with E-state index in [0.717, 1.165) is 5.56 Å². The van der Waals surface area contributed by atoms with E-state index in [-0.39, 0.29) is 30.5 Å². The van der Waals surface area contributed by atoms with Crippen LogP contribution in [0.25, 0.3) is 0 Å². The summed E-state index contributed by atoms with van der Waals surface area (Å²) >= 11 is 0. The van der Waals surface area contributed by atoms with Gasteiger partial charge in [-0.05, 0) is 36.3 Å². The molecule has 3 N–H and O–H groups in total. The summed E-state index contributed by atoms with van der Waals surface area (Å²) in [5.74, 6) is -0.00738. The minimum atomic E-state index is -1.21. The predicted octanol–water partition coefficient (Wildman–Crippen LogP) is 0.463. The number of rotatable bonds is 10. The number of likely N-dealkylation sites (N-methyl/N-ethyl adjacent to an activating group) is 2. The molecule has 0 aromatic carbocycles. The van der Waals surface area contributed by atoms with E-state index in [4.69, 9.17) is 0 Å². The van der Waals surface area contributed by atoms with Crippen molar-refractivity contribution in [1.82, 2.24) is 46.2 Å². The van der Waals surface area contributed by atoms with Crippen LogP contribution in [0.2, 0.25) is 0 Å². The molecule has 0 radical (unpaired) electrons. The average Bonchev–Trinajstić information content (AvgIpc) is 3.46. The summed E-state index contributed by atoms with van der Waals surface area (Å²) in [5, 5.41) is 16.3. The quantitative estimate of drug-likeness (QED) is 0.471. The molecule has 2 aliphatic rings. The maximum absolute atomic E-state index is 14.5. The number of halogens is 1. The third kappa shape index (κ3) is 5.83. The molecule has 176 valence electrons. The molecular weight excluding hydrogens is 429 g/mol. The second kappa shape index (κ2) is 9.94. The summed E-state index contributed by atoms with van der Waals surface area (Å²) in [6.07, 6.45) is 8.04. The molecule has 12 heteroatoms. The molecule has 1 unspecified atom stereocenters. The fraction of sp³-hybridized carbons (Fsp3) is 0.476. The van der Waals surface area contributed by atoms with Crippen LogP contribution in [-0.2, 0) is 17.9 Å². The lowest BCUT2D eigenvalue weighted by molar-refractivity contribution is -0.118. The standard InChI is InChI=1S/C21H28FN9O2/c1-23-21(33)19-13-30(28-29(19)2)6-5-17(22)11-31-12-18(26-27-31)20(32)25-9-14-7-16(10-24-8-14)15-3-4-15/h7-8,10,12-13,15,17,28H,3-6,9,11H2,1-2H3,(H,23,33)(H,25,32). The number of alkyl halides is 1. The summed E-state index contributed by atoms with van der Waals surface area (Å²) in [5.41, 5.74) is 5.66. The number of hydrogen-bond donors (Lipinski definition) is 3. The first-order valence-corrected chi connectivity index (χ1v) is 10.9. The average molecular weight is 458 g/mol. The lowest BCUT2D eigenvalue weighted by Crippen LogP contribution is -2.41. The third-order valence-electron chi connectivity index (χ3n) is 5.54. The summed E-state index contributed by atoms with van der Waals surface area (Å²) in [6.45, 7) is 0.666. The van der Waals surface area contributed by atoms with Crippen molar-refractivity contribution in [3.05, 3.63) is 53.4 Å². The zero-order valence-corrected chi connectivity index (χ0v) is 18.7. The first-order chi connectivity index (χ1) is 15.9. The molecule has 2 amide bonds. The summed E-state index contributed by atoms with van der Waals surface area (Å²) in [7, 11) is 3.25. The Morgan fingerprint density at radius 2 is 2.12 bits per heavy atom. The van der Waals surface area contributed by atoms with Crippen LogP contribution in [-0.4, -0.2) is 68.6 Å². The van der Waals surface area contributed by atoms with Crippen molar-refractivity contribution < 1.29 is 14.0 Å². The molecule has 2 aromatic rings. The van der Waals surface area contributed by atoms with Crippen molar-refractivity contribution in [2.75, 3.05) is 20.6 Å². The van der Waals surface area contributed by atoms with Gasteiger partial charge in [0.25, 0.3) is 11.8 Å². The van der Waals surface area contributed by atoms with Gasteiger partial charge in [0.05, 0.1) is 12.7 Å². The lowest BCUT2D eigenvalue weighted by atomic mass is 10.1. The van der Waals surface area contributed by atoms with E-state index in [9.17, 15) is 14.0 Å². The number of nitrogens with one attached hydrogen (secondary N) is 3. The van der Waals surface area contributed by atoms with E-state index in [0.29, 0.717) is 24.7 Å². The molecule has 1 atom stereocenters. The van der Waals surface area contributed by atoms with Gasteiger partial charge in [-0.1, -0.05) is 11.3 Å². The van der Waals surface area contributed by atoms with Crippen molar-refractivity contribution in [2.45, 2.75) is 44.4 Å². The maximum Gasteiger partial charge on any atom is 0.273 e. The van der Waals surface area contributed by atoms with Gasteiger partial charge in [-0.2, -0.15) is 0 Å². The minimum Gasteiger partial charge on any atom is -0.354 e. The van der Waals surface area contributed by atoms with Crippen LogP contribution in [0, 0.1) is 0 Å². The molecular formula is C21H28FN9O2. The number of aromatic nitrogens is 4. The molecule has 0 spiro atoms. The van der Waals surface area contributed by atoms with Gasteiger partial charge in [-0.15, -0.1) is 10.6 Å². The number of carbonyl (C=O) groups excluding carboxylic acids is 2. The van der Waals surface area contributed by atoms with Crippen LogP contribution in [0.4, 0.5) is 4.39 Å². The van der Waals surface area contributed by atoms with Gasteiger partial charge >= 0.3 is 0 Å². The van der Waals surface area contributed by atoms with Gasteiger partial charge in [-0.3, -0.25) is 24.6 Å². The Balaban J connectivity index is 1.22. The van der Waals surface area contributed by atoms with Gasteiger partial charge in [0, 0.05) is 45.8 Å². The number of nitrogens with zero attached hydrogens (tertiary/aromatic N) is 6. The summed E-state index contributed by atoms with van der Waals surface area (Å²) < 4.78 is 15.8. The molecule has 11 nitrogen and oxygen atoms in total. The van der Waals surface area contributed by atoms with Crippen molar-refractivity contribution in [2.24, 2.45) is 0 Å². The topological polar surface area (TPSA) is 120 Å². The van der Waals surface area contributed by atoms with Gasteiger partial charge in [0.15, 0.2) is 5.69 Å². The molecule has 4 rings (SSSR count). The molecule has 1 aliphatic heterocycles. The van der Waals surface area contributed by atoms with E-state index in [1.165, 1.54) is 29.3 Å². The maximum atomic E-state index is 14.5. The Labute approximate surface area is 191 Å². The number of amides is 2. The SMILES string of the molecule is CNC(=O)C1=CN(CCC(F)Cn2cc(C(=O)NCc3cncc(C4CC4)c3)nn2)NN1C. The van der Waals surface area contributed by atoms with Crippen LogP contribution in [0.15, 0.2) is 36.6 Å². The largest absolute Gasteiger partial charge is 0.354 e. The van der Waals surface area contributed by atoms with Crippen LogP contribution >= 0.6 is 0 Å². The van der Waals surface area contributed by atoms with Gasteiger partial charge in [0.1, 0.15) is 11.9 Å². The van der Waals surface area contributed by atoms with Crippen molar-refractivity contribution >= 4 is 11.8 Å². The van der Waals surface area contributed by atoms with E-state index >= 15 is 0 Å². The van der Waals surface area contributed by atoms with Crippen molar-refractivity contribution in [3.8, 4) is 0 Å². The van der Waals surface area contributed by atoms with Gasteiger partial charge in [0.2, 0.25) is 0 Å². The Morgan fingerprint density at radius 3 is 2.88 bits per heavy atom. The zero-order chi connectivity index (χ0) is 23.4. The Morgan fingerprint density at radius 1 is 1.30 bits per heavy atom. The zero-order valence-electron chi connectivity index (χ0n) is 18.7. The normalized spacial score (nSPS) is 16.5. The minimum absolute atomic E-state index is 0.0245. The molecule has 1 saturated carbocycles. The highest BCUT2D eigenvalue weighted by molar-refractivity contribution is 5.92. The molecule has 2 aromatic heterocycles. The molecule has 3 heterocycles. The fourth-order valence-electron chi connectivity index (χ4n) is 3.55. The second-order valence-electron chi connectivity index (χ2n) is 8.24. The highest BCUT2D eigenvalue weighted by atomic mass is 19.1. The Kier molecular flexibility index (Phi) is 6.82. The lowest BCUT2D eigenvalue weighted by Gasteiger charge is -2.20. The highest BCUT2D eigenvalue weighted by Crippen LogP contribution is 2.39. The number of hydrazine groups is 2. The number of carbonyl (C=O) groups is 2. The van der Waals surface area contributed by atoms with Crippen molar-refractivity contribution in [1.29, 1.82) is 0 Å². The van der Waals surface area contributed by atoms with Crippen LogP contribution in [0.5, 0.6) is 0 Å². The molecule has 0 saturated heterocycles. The van der Waals surface area contributed by atoms with Gasteiger partial charge in [-0.25, -0.2) is 9.07 Å². The first kappa shape index (κ1) is 22.6. The molecule has 33 heavy (non-hydrogen) atoms. The smallest absolute Gasteiger partial charge is 0.273 e. The van der Waals surface area contributed by atoms with Crippen LogP contribution in [0.3, 0.4) is 0 Å². The van der Waals surface area contributed by atoms with Crippen LogP contribution < -0.4 is 16.2 Å². The Bertz CT molecular complexity index is 1040. The fourth-order valence-corrected chi connectivity index (χ4v) is 3.55. The highest BCUT2D eigenvalue weighted by Gasteiger charge is 2.24. The number of pyridine rings is 1. The van der Waals surface area contributed by atoms with Gasteiger partial charge < -0.3 is 10.6 Å². The monoisotopic (exact) mass is 457 g/mol. The van der Waals surface area contributed by atoms with E-state index in [1.807, 2.05) is 6.20 Å². The first-order valence-electron chi connectivity index (χ1n) is 10.9.